The second kappa shape index (κ2) is 43.0. The summed E-state index contributed by atoms with van der Waals surface area (Å²) in [5.41, 5.74) is 7.97. The van der Waals surface area contributed by atoms with Gasteiger partial charge in [-0.3, -0.25) is 0 Å². The van der Waals surface area contributed by atoms with E-state index in [1.807, 2.05) is 70.2 Å². The number of carbonyl (C=O) groups excluding carboxylic acids is 3. The van der Waals surface area contributed by atoms with E-state index in [0.29, 0.717) is 83.0 Å². The van der Waals surface area contributed by atoms with Crippen LogP contribution in [0.1, 0.15) is 177 Å². The zero-order valence-corrected chi connectivity index (χ0v) is 53.3. The van der Waals surface area contributed by atoms with E-state index in [4.69, 9.17) is 42.6 Å². The Kier molecular flexibility index (Phi) is 38.5. The normalized spacial score (nSPS) is 12.1. The molecular formula is C70H104N2O12. The minimum atomic E-state index is -0.523. The van der Waals surface area contributed by atoms with Crippen molar-refractivity contribution < 1.29 is 57.0 Å². The van der Waals surface area contributed by atoms with Crippen LogP contribution in [0.5, 0.6) is 0 Å². The fourth-order valence-corrected chi connectivity index (χ4v) is 7.47. The van der Waals surface area contributed by atoms with Gasteiger partial charge in [-0.1, -0.05) is 179 Å². The van der Waals surface area contributed by atoms with Crippen LogP contribution in [0.25, 0.3) is 6.08 Å². The molecule has 4 aromatic carbocycles. The first kappa shape index (κ1) is 75.3. The standard InChI is InChI=1S/C21H33NO4.C17H25NO2.C17H24O4.C15H22O2/c1-7-20(3,4)17-9-11-18(12-10-17)21(5,6)22-19(23)26-16-15-25-14-13-24-8-2;1-6-12-20-16(19)18-17(4,5)15-10-8-14(9-11-15)13(3)7-2;1-4-14(3)15-6-8-16(9-7-15)17(18)21-13-12-20-11-10-19-5-2;1-4-13(3)17-11-10-16-12-15-8-6-14(5-2)7-9-15/h8-12H,2,7,13-16H2,1,3-6H3,(H,22,23);6,8-11,13H,1,7,12H2,2-5H3,(H,18,19);5-9,14H,2,4,10-13H2,1,3H3;5-9,13H,2,4,10-12H2,1,3H3. The third-order valence-corrected chi connectivity index (χ3v) is 14.1. The minimum absolute atomic E-state index is 0.145. The van der Waals surface area contributed by atoms with Crippen molar-refractivity contribution >= 4 is 24.2 Å². The monoisotopic (exact) mass is 1160 g/mol. The Morgan fingerprint density at radius 2 is 0.940 bits per heavy atom. The summed E-state index contributed by atoms with van der Waals surface area (Å²) in [4.78, 5) is 35.5. The molecule has 0 heterocycles. The number of alkyl carbamates (subject to hydrolysis) is 2. The summed E-state index contributed by atoms with van der Waals surface area (Å²) >= 11 is 0. The topological polar surface area (TPSA) is 158 Å². The summed E-state index contributed by atoms with van der Waals surface area (Å²) in [5.74, 6) is 0.732. The van der Waals surface area contributed by atoms with Crippen molar-refractivity contribution in [1.29, 1.82) is 0 Å². The first-order valence-electron chi connectivity index (χ1n) is 29.6. The molecule has 0 saturated heterocycles. The summed E-state index contributed by atoms with van der Waals surface area (Å²) in [7, 11) is 0. The van der Waals surface area contributed by atoms with E-state index in [1.165, 1.54) is 34.8 Å². The minimum Gasteiger partial charge on any atom is -0.499 e. The van der Waals surface area contributed by atoms with Gasteiger partial charge in [0.1, 0.15) is 33.0 Å². The highest BCUT2D eigenvalue weighted by Gasteiger charge is 2.26. The number of nitrogens with one attached hydrogen (secondary N) is 2. The van der Waals surface area contributed by atoms with E-state index in [-0.39, 0.29) is 31.2 Å². The van der Waals surface area contributed by atoms with Crippen molar-refractivity contribution in [3.05, 3.63) is 186 Å². The Balaban J connectivity index is 0.000000566. The van der Waals surface area contributed by atoms with Crippen LogP contribution in [0.3, 0.4) is 0 Å². The van der Waals surface area contributed by atoms with Gasteiger partial charge in [0, 0.05) is 0 Å². The van der Waals surface area contributed by atoms with Crippen molar-refractivity contribution in [3.63, 3.8) is 0 Å². The Morgan fingerprint density at radius 1 is 0.500 bits per heavy atom. The molecule has 2 N–H and O–H groups in total. The average Bonchev–Trinajstić information content (AvgIpc) is 3.25. The molecule has 2 amide bonds. The molecule has 4 aromatic rings. The van der Waals surface area contributed by atoms with Crippen LogP contribution in [0, 0.1) is 0 Å². The van der Waals surface area contributed by atoms with Crippen molar-refractivity contribution in [3.8, 4) is 0 Å². The van der Waals surface area contributed by atoms with Crippen LogP contribution in [-0.4, -0.2) is 96.9 Å². The summed E-state index contributed by atoms with van der Waals surface area (Å²) in [6, 6.07) is 32.6. The highest BCUT2D eigenvalue weighted by molar-refractivity contribution is 5.89. The zero-order chi connectivity index (χ0) is 62.8. The number of benzene rings is 4. The van der Waals surface area contributed by atoms with Crippen LogP contribution in [0.15, 0.2) is 142 Å². The predicted octanol–water partition coefficient (Wildman–Crippen LogP) is 16.1. The third kappa shape index (κ3) is 31.8. The number of amides is 2. The van der Waals surface area contributed by atoms with Crippen LogP contribution in [0.4, 0.5) is 9.59 Å². The van der Waals surface area contributed by atoms with Gasteiger partial charge >= 0.3 is 18.2 Å². The molecule has 0 fully saturated rings. The molecule has 0 aliphatic rings. The molecule has 3 atom stereocenters. The summed E-state index contributed by atoms with van der Waals surface area (Å²) < 4.78 is 46.7. The lowest BCUT2D eigenvalue weighted by Gasteiger charge is -2.28. The van der Waals surface area contributed by atoms with Gasteiger partial charge in [-0.15, -0.1) is 0 Å². The lowest BCUT2D eigenvalue weighted by atomic mass is 9.81. The molecule has 3 unspecified atom stereocenters. The van der Waals surface area contributed by atoms with Crippen molar-refractivity contribution in [1.82, 2.24) is 10.6 Å². The van der Waals surface area contributed by atoms with Gasteiger partial charge in [-0.25, -0.2) is 14.4 Å². The van der Waals surface area contributed by atoms with Gasteiger partial charge in [0.05, 0.1) is 81.5 Å². The molecule has 84 heavy (non-hydrogen) atoms. The maximum Gasteiger partial charge on any atom is 0.408 e. The average molecular weight is 1170 g/mol. The van der Waals surface area contributed by atoms with Crippen molar-refractivity contribution in [2.45, 2.75) is 157 Å². The number of rotatable bonds is 35. The Bertz CT molecular complexity index is 2430. The second-order valence-corrected chi connectivity index (χ2v) is 21.7. The molecule has 14 nitrogen and oxygen atoms in total. The smallest absolute Gasteiger partial charge is 0.408 e. The predicted molar refractivity (Wildman–Crippen MR) is 341 cm³/mol. The molecule has 0 aliphatic heterocycles. The number of hydrogen-bond donors (Lipinski definition) is 2. The number of hydrogen-bond acceptors (Lipinski definition) is 12. The lowest BCUT2D eigenvalue weighted by molar-refractivity contribution is 0.00633. The highest BCUT2D eigenvalue weighted by Crippen LogP contribution is 2.29. The zero-order valence-electron chi connectivity index (χ0n) is 53.3. The van der Waals surface area contributed by atoms with Crippen molar-refractivity contribution in [2.24, 2.45) is 0 Å². The first-order valence-corrected chi connectivity index (χ1v) is 29.6. The van der Waals surface area contributed by atoms with Gasteiger partial charge in [-0.2, -0.15) is 0 Å². The Hall–Kier alpha value is -6.71. The van der Waals surface area contributed by atoms with Gasteiger partial charge in [0.25, 0.3) is 0 Å². The third-order valence-electron chi connectivity index (χ3n) is 14.1. The van der Waals surface area contributed by atoms with E-state index in [2.05, 4.69) is 160 Å². The lowest BCUT2D eigenvalue weighted by Crippen LogP contribution is -2.41. The van der Waals surface area contributed by atoms with Gasteiger partial charge in [0.15, 0.2) is 0 Å². The van der Waals surface area contributed by atoms with Gasteiger partial charge < -0.3 is 53.3 Å². The Labute approximate surface area is 505 Å². The maximum absolute atomic E-state index is 12.0. The summed E-state index contributed by atoms with van der Waals surface area (Å²) in [6.07, 6.45) is 9.87. The summed E-state index contributed by atoms with van der Waals surface area (Å²) in [5, 5.41) is 5.76. The van der Waals surface area contributed by atoms with E-state index in [0.717, 1.165) is 42.4 Å². The molecule has 0 bridgehead atoms. The molecule has 14 heteroatoms. The highest BCUT2D eigenvalue weighted by atomic mass is 16.6. The van der Waals surface area contributed by atoms with Crippen LogP contribution < -0.4 is 10.6 Å². The molecule has 0 radical (unpaired) electrons. The van der Waals surface area contributed by atoms with E-state index >= 15 is 0 Å². The first-order chi connectivity index (χ1) is 40.1. The van der Waals surface area contributed by atoms with Crippen LogP contribution in [-0.2, 0) is 65.7 Å². The van der Waals surface area contributed by atoms with Crippen LogP contribution in [0.2, 0.25) is 0 Å². The molecule has 0 spiro atoms. The molecule has 0 saturated carbocycles. The molecule has 0 aliphatic carbocycles. The summed E-state index contributed by atoms with van der Waals surface area (Å²) in [6.45, 7) is 46.6. The SMILES string of the molecule is C=CCOC(=O)NC(C)(C)c1ccc(C(C)CC)cc1.C=COCCOCCOC(=O)NC(C)(C)c1ccc(C(C)(C)CC)cc1.C=COCCOCCOC(=O)c1ccc(C(C)CC)cc1.C=Cc1ccc(COCCOC(C)CC)cc1. The maximum atomic E-state index is 12.0. The second-order valence-electron chi connectivity index (χ2n) is 21.7. The molecular weight excluding hydrogens is 1060 g/mol. The number of carbonyl (C=O) groups is 3. The largest absolute Gasteiger partial charge is 0.499 e. The van der Waals surface area contributed by atoms with Gasteiger partial charge in [-0.05, 0) is 129 Å². The number of ether oxygens (including phenoxy) is 9. The Morgan fingerprint density at radius 3 is 1.39 bits per heavy atom. The molecule has 0 aromatic heterocycles. The van der Waals surface area contributed by atoms with E-state index in [1.54, 1.807) is 6.08 Å². The van der Waals surface area contributed by atoms with E-state index in [9.17, 15) is 14.4 Å². The molecule has 466 valence electrons. The van der Waals surface area contributed by atoms with Crippen LogP contribution >= 0.6 is 0 Å². The van der Waals surface area contributed by atoms with Gasteiger partial charge in [0.2, 0.25) is 0 Å². The molecule has 4 rings (SSSR count). The van der Waals surface area contributed by atoms with E-state index < -0.39 is 23.3 Å². The quantitative estimate of drug-likeness (QED) is 0.0148. The number of esters is 1. The fourth-order valence-electron chi connectivity index (χ4n) is 7.47. The van der Waals surface area contributed by atoms with Crippen molar-refractivity contribution in [2.75, 3.05) is 72.7 Å². The fraction of sp³-hybridized carbons (Fsp3) is 0.500.